The predicted octanol–water partition coefficient (Wildman–Crippen LogP) is 4.39. The Balaban J connectivity index is 0.000000491. The zero-order valence-electron chi connectivity index (χ0n) is 17.0. The van der Waals surface area contributed by atoms with Crippen LogP contribution in [0.5, 0.6) is 0 Å². The number of benzene rings is 2. The van der Waals surface area contributed by atoms with E-state index in [1.54, 1.807) is 23.5 Å². The summed E-state index contributed by atoms with van der Waals surface area (Å²) in [5, 5.41) is 35.5. The van der Waals surface area contributed by atoms with Crippen molar-refractivity contribution in [3.8, 4) is 10.6 Å². The summed E-state index contributed by atoms with van der Waals surface area (Å²) < 4.78 is 0.852. The topological polar surface area (TPSA) is 126 Å². The standard InChI is InChI=1S/C10H8N2OS.C7H7BO3.C3H3BrN2S.2CH4/c1-7-11-12-10(14-7)9-4-2-8(6-13)3-5-9;9-5-6-1-3-7(4-2-6)8(10)11;1-2-5-6-3(4)7-2;;/h2-6H,1H3;1-5,10-11H;1H3;2*1H4. The molecule has 0 aliphatic carbocycles. The maximum Gasteiger partial charge on any atom is 0.488 e. The number of carbonyl (C=O) groups excluding carboxylic acids is 2. The lowest BCUT2D eigenvalue weighted by atomic mass is 9.80. The zero-order chi connectivity index (χ0) is 23.5. The second-order valence-corrected chi connectivity index (χ2v) is 9.74. The molecule has 2 aromatic carbocycles. The van der Waals surface area contributed by atoms with Crippen molar-refractivity contribution in [2.24, 2.45) is 0 Å². The number of halogens is 1. The van der Waals surface area contributed by atoms with Crippen LogP contribution < -0.4 is 5.46 Å². The van der Waals surface area contributed by atoms with Gasteiger partial charge in [0.1, 0.15) is 27.6 Å². The number of aldehydes is 2. The Morgan fingerprint density at radius 3 is 1.56 bits per heavy atom. The molecule has 0 spiro atoms. The summed E-state index contributed by atoms with van der Waals surface area (Å²) >= 11 is 6.26. The van der Waals surface area contributed by atoms with Gasteiger partial charge in [0.05, 0.1) is 0 Å². The maximum atomic E-state index is 10.4. The van der Waals surface area contributed by atoms with Gasteiger partial charge in [0.25, 0.3) is 0 Å². The van der Waals surface area contributed by atoms with Gasteiger partial charge in [-0.3, -0.25) is 9.59 Å². The third kappa shape index (κ3) is 10.5. The minimum absolute atomic E-state index is 0. The highest BCUT2D eigenvalue weighted by molar-refractivity contribution is 9.11. The molecule has 0 aliphatic heterocycles. The second kappa shape index (κ2) is 16.1. The van der Waals surface area contributed by atoms with E-state index in [9.17, 15) is 9.59 Å². The van der Waals surface area contributed by atoms with Crippen molar-refractivity contribution < 1.29 is 19.6 Å². The van der Waals surface area contributed by atoms with Crippen LogP contribution in [0.1, 0.15) is 45.6 Å². The number of aryl methyl sites for hydroxylation is 2. The van der Waals surface area contributed by atoms with Gasteiger partial charge in [0, 0.05) is 16.7 Å². The molecule has 0 saturated heterocycles. The smallest absolute Gasteiger partial charge is 0.423 e. The van der Waals surface area contributed by atoms with Gasteiger partial charge in [0.2, 0.25) is 0 Å². The van der Waals surface area contributed by atoms with Gasteiger partial charge in [-0.2, -0.15) is 0 Å². The highest BCUT2D eigenvalue weighted by Gasteiger charge is 2.09. The number of carbonyl (C=O) groups is 2. The Bertz CT molecular complexity index is 1120. The molecule has 2 N–H and O–H groups in total. The molecule has 180 valence electrons. The SMILES string of the molecule is C.C.Cc1nnc(-c2ccc(C=O)cc2)s1.Cc1nnc(Br)s1.O=Cc1ccc(B(O)O)cc1. The fraction of sp³-hybridized carbons (Fsp3) is 0.182. The lowest BCUT2D eigenvalue weighted by Crippen LogP contribution is -2.29. The average molecular weight is 565 g/mol. The lowest BCUT2D eigenvalue weighted by Gasteiger charge is -1.97. The van der Waals surface area contributed by atoms with Crippen molar-refractivity contribution in [1.82, 2.24) is 20.4 Å². The molecule has 0 unspecified atom stereocenters. The van der Waals surface area contributed by atoms with Gasteiger partial charge in [-0.15, -0.1) is 20.4 Å². The van der Waals surface area contributed by atoms with Gasteiger partial charge in [-0.1, -0.05) is 86.1 Å². The van der Waals surface area contributed by atoms with E-state index >= 15 is 0 Å². The molecule has 34 heavy (non-hydrogen) atoms. The van der Waals surface area contributed by atoms with Gasteiger partial charge < -0.3 is 10.0 Å². The van der Waals surface area contributed by atoms with Gasteiger partial charge >= 0.3 is 7.12 Å². The minimum atomic E-state index is -1.46. The summed E-state index contributed by atoms with van der Waals surface area (Å²) in [4.78, 5) is 20.6. The number of aromatic nitrogens is 4. The number of rotatable bonds is 4. The van der Waals surface area contributed by atoms with Crippen molar-refractivity contribution in [2.45, 2.75) is 28.7 Å². The van der Waals surface area contributed by atoms with Crippen LogP contribution in [0, 0.1) is 13.8 Å². The lowest BCUT2D eigenvalue weighted by molar-refractivity contribution is 0.111. The molecule has 0 bridgehead atoms. The quantitative estimate of drug-likeness (QED) is 0.276. The highest BCUT2D eigenvalue weighted by atomic mass is 79.9. The molecule has 0 amide bonds. The molecule has 0 aliphatic rings. The third-order valence-electron chi connectivity index (χ3n) is 3.69. The third-order valence-corrected chi connectivity index (χ3v) is 5.85. The molecule has 4 rings (SSSR count). The van der Waals surface area contributed by atoms with Crippen molar-refractivity contribution in [3.05, 3.63) is 73.6 Å². The monoisotopic (exact) mass is 564 g/mol. The fourth-order valence-electron chi connectivity index (χ4n) is 2.14. The molecule has 2 heterocycles. The number of hydrogen-bond donors (Lipinski definition) is 2. The largest absolute Gasteiger partial charge is 0.488 e. The predicted molar refractivity (Wildman–Crippen MR) is 143 cm³/mol. The van der Waals surface area contributed by atoms with Crippen LogP contribution >= 0.6 is 38.6 Å². The van der Waals surface area contributed by atoms with E-state index in [1.165, 1.54) is 35.6 Å². The highest BCUT2D eigenvalue weighted by Crippen LogP contribution is 2.22. The fourth-order valence-corrected chi connectivity index (χ4v) is 4.02. The van der Waals surface area contributed by atoms with E-state index in [-0.39, 0.29) is 14.9 Å². The summed E-state index contributed by atoms with van der Waals surface area (Å²) in [6, 6.07) is 13.4. The molecule has 0 atom stereocenters. The average Bonchev–Trinajstić information content (AvgIpc) is 3.41. The van der Waals surface area contributed by atoms with E-state index < -0.39 is 7.12 Å². The Kier molecular flexibility index (Phi) is 14.8. The van der Waals surface area contributed by atoms with Crippen molar-refractivity contribution >= 4 is 63.8 Å². The van der Waals surface area contributed by atoms with Gasteiger partial charge in [0.15, 0.2) is 3.92 Å². The molecule has 2 aromatic heterocycles. The second-order valence-electron chi connectivity index (χ2n) is 6.10. The molecule has 0 saturated carbocycles. The van der Waals surface area contributed by atoms with Crippen LogP contribution in [-0.2, 0) is 0 Å². The van der Waals surface area contributed by atoms with Crippen LogP contribution in [0.15, 0.2) is 52.4 Å². The Labute approximate surface area is 216 Å². The maximum absolute atomic E-state index is 10.4. The molecule has 8 nitrogen and oxygen atoms in total. The summed E-state index contributed by atoms with van der Waals surface area (Å²) in [6.07, 6.45) is 1.53. The first-order valence-corrected chi connectivity index (χ1v) is 11.5. The summed E-state index contributed by atoms with van der Waals surface area (Å²) in [5.74, 6) is 0. The summed E-state index contributed by atoms with van der Waals surface area (Å²) in [7, 11) is -1.46. The number of hydrogen-bond acceptors (Lipinski definition) is 10. The van der Waals surface area contributed by atoms with Crippen LogP contribution in [-0.4, -0.2) is 50.1 Å². The molecule has 12 heteroatoms. The Morgan fingerprint density at radius 2 is 1.24 bits per heavy atom. The van der Waals surface area contributed by atoms with E-state index in [0.29, 0.717) is 22.9 Å². The van der Waals surface area contributed by atoms with Crippen molar-refractivity contribution in [1.29, 1.82) is 0 Å². The molecular formula is C22H26BBrN4O4S2. The van der Waals surface area contributed by atoms with Crippen LogP contribution in [0.4, 0.5) is 0 Å². The van der Waals surface area contributed by atoms with Crippen molar-refractivity contribution in [3.63, 3.8) is 0 Å². The zero-order valence-corrected chi connectivity index (χ0v) is 20.3. The normalized spacial score (nSPS) is 9.09. The first kappa shape index (κ1) is 31.4. The molecule has 0 radical (unpaired) electrons. The van der Waals surface area contributed by atoms with Crippen LogP contribution in [0.3, 0.4) is 0 Å². The van der Waals surface area contributed by atoms with Gasteiger partial charge in [-0.25, -0.2) is 0 Å². The number of nitrogens with zero attached hydrogens (tertiary/aromatic N) is 4. The molecule has 0 fully saturated rings. The first-order chi connectivity index (χ1) is 15.3. The van der Waals surface area contributed by atoms with Crippen LogP contribution in [0.25, 0.3) is 10.6 Å². The van der Waals surface area contributed by atoms with Crippen LogP contribution in [0.2, 0.25) is 0 Å². The first-order valence-electron chi connectivity index (χ1n) is 9.05. The Hall–Kier alpha value is -2.64. The Morgan fingerprint density at radius 1 is 0.765 bits per heavy atom. The van der Waals surface area contributed by atoms with E-state index in [2.05, 4.69) is 36.3 Å². The van der Waals surface area contributed by atoms with E-state index in [0.717, 1.165) is 30.8 Å². The molecular weight excluding hydrogens is 539 g/mol. The summed E-state index contributed by atoms with van der Waals surface area (Å²) in [6.45, 7) is 3.84. The molecule has 4 aromatic rings. The minimum Gasteiger partial charge on any atom is -0.423 e. The van der Waals surface area contributed by atoms with E-state index in [1.807, 2.05) is 26.0 Å². The van der Waals surface area contributed by atoms with Gasteiger partial charge in [-0.05, 0) is 35.2 Å². The van der Waals surface area contributed by atoms with E-state index in [4.69, 9.17) is 10.0 Å². The van der Waals surface area contributed by atoms with Crippen molar-refractivity contribution in [2.75, 3.05) is 0 Å². The summed E-state index contributed by atoms with van der Waals surface area (Å²) in [5.41, 5.74) is 2.58.